The zero-order chi connectivity index (χ0) is 16.8. The van der Waals surface area contributed by atoms with E-state index in [1.165, 1.54) is 12.1 Å². The molecule has 124 valence electrons. The van der Waals surface area contributed by atoms with Gasteiger partial charge in [-0.25, -0.2) is 9.18 Å². The Kier molecular flexibility index (Phi) is 6.61. The minimum absolute atomic E-state index is 0.340. The van der Waals surface area contributed by atoms with Crippen LogP contribution in [0.15, 0.2) is 18.2 Å². The third kappa shape index (κ3) is 6.30. The average molecular weight is 312 g/mol. The van der Waals surface area contributed by atoms with Crippen molar-refractivity contribution in [1.82, 2.24) is 10.2 Å². The monoisotopic (exact) mass is 312 g/mol. The van der Waals surface area contributed by atoms with Gasteiger partial charge in [-0.2, -0.15) is 0 Å². The van der Waals surface area contributed by atoms with E-state index in [0.717, 1.165) is 5.56 Å². The zero-order valence-corrected chi connectivity index (χ0v) is 13.6. The van der Waals surface area contributed by atoms with Gasteiger partial charge in [0.15, 0.2) is 11.6 Å². The topological polar surface area (TPSA) is 61.8 Å². The fourth-order valence-electron chi connectivity index (χ4n) is 1.81. The normalized spacial score (nSPS) is 11.3. The smallest absolute Gasteiger partial charge is 0.410 e. The second-order valence-corrected chi connectivity index (χ2v) is 6.02. The van der Waals surface area contributed by atoms with Crippen molar-refractivity contribution in [3.05, 3.63) is 29.6 Å². The molecule has 0 bridgehead atoms. The highest BCUT2D eigenvalue weighted by Gasteiger charge is 2.20. The van der Waals surface area contributed by atoms with Crippen LogP contribution in [-0.4, -0.2) is 41.3 Å². The summed E-state index contributed by atoms with van der Waals surface area (Å²) in [4.78, 5) is 13.5. The van der Waals surface area contributed by atoms with Crippen molar-refractivity contribution in [2.24, 2.45) is 0 Å². The van der Waals surface area contributed by atoms with E-state index in [4.69, 9.17) is 9.84 Å². The van der Waals surface area contributed by atoms with Crippen molar-refractivity contribution in [1.29, 1.82) is 0 Å². The Labute approximate surface area is 131 Å². The summed E-state index contributed by atoms with van der Waals surface area (Å²) in [6.07, 6.45) is -0.340. The molecule has 5 nitrogen and oxygen atoms in total. The average Bonchev–Trinajstić information content (AvgIpc) is 2.40. The van der Waals surface area contributed by atoms with Gasteiger partial charge in [-0.3, -0.25) is 0 Å². The number of phenols is 1. The van der Waals surface area contributed by atoms with E-state index < -0.39 is 11.4 Å². The third-order valence-corrected chi connectivity index (χ3v) is 2.93. The Bertz CT molecular complexity index is 501. The second kappa shape index (κ2) is 7.98. The Hall–Kier alpha value is -1.82. The SMILES string of the molecule is CCN(CCNCc1ccc(O)c(F)c1)C(=O)OC(C)(C)C. The molecule has 6 heteroatoms. The van der Waals surface area contributed by atoms with Crippen molar-refractivity contribution in [2.45, 2.75) is 39.8 Å². The minimum atomic E-state index is -0.636. The summed E-state index contributed by atoms with van der Waals surface area (Å²) >= 11 is 0. The van der Waals surface area contributed by atoms with Crippen LogP contribution in [0.2, 0.25) is 0 Å². The molecule has 1 amide bonds. The first-order valence-electron chi connectivity index (χ1n) is 7.39. The number of ether oxygens (including phenoxy) is 1. The third-order valence-electron chi connectivity index (χ3n) is 2.93. The van der Waals surface area contributed by atoms with Crippen LogP contribution >= 0.6 is 0 Å². The van der Waals surface area contributed by atoms with Gasteiger partial charge < -0.3 is 20.1 Å². The lowest BCUT2D eigenvalue weighted by Gasteiger charge is -2.26. The van der Waals surface area contributed by atoms with E-state index in [2.05, 4.69) is 5.32 Å². The van der Waals surface area contributed by atoms with Gasteiger partial charge in [0.25, 0.3) is 0 Å². The van der Waals surface area contributed by atoms with E-state index >= 15 is 0 Å². The van der Waals surface area contributed by atoms with Crippen molar-refractivity contribution < 1.29 is 19.0 Å². The number of nitrogens with one attached hydrogen (secondary N) is 1. The summed E-state index contributed by atoms with van der Waals surface area (Å²) in [5, 5.41) is 12.3. The first-order valence-corrected chi connectivity index (χ1v) is 7.39. The number of benzene rings is 1. The first kappa shape index (κ1) is 18.2. The Balaban J connectivity index is 2.38. The molecule has 0 radical (unpaired) electrons. The lowest BCUT2D eigenvalue weighted by Crippen LogP contribution is -2.40. The maximum absolute atomic E-state index is 13.2. The molecule has 2 N–H and O–H groups in total. The number of amides is 1. The molecule has 0 heterocycles. The summed E-state index contributed by atoms with van der Waals surface area (Å²) in [5.74, 6) is -0.992. The van der Waals surface area contributed by atoms with E-state index in [1.54, 1.807) is 11.0 Å². The molecule has 0 aromatic heterocycles. The lowest BCUT2D eigenvalue weighted by molar-refractivity contribution is 0.0262. The summed E-state index contributed by atoms with van der Waals surface area (Å²) in [6.45, 7) is 9.47. The number of carbonyl (C=O) groups excluding carboxylic acids is 1. The molecule has 0 saturated carbocycles. The second-order valence-electron chi connectivity index (χ2n) is 6.02. The van der Waals surface area contributed by atoms with E-state index in [9.17, 15) is 9.18 Å². The summed E-state index contributed by atoms with van der Waals surface area (Å²) in [5.41, 5.74) is 0.220. The van der Waals surface area contributed by atoms with Crippen LogP contribution in [0.5, 0.6) is 5.75 Å². The van der Waals surface area contributed by atoms with Gasteiger partial charge in [-0.15, -0.1) is 0 Å². The van der Waals surface area contributed by atoms with Gasteiger partial charge in [-0.1, -0.05) is 6.07 Å². The summed E-state index contributed by atoms with van der Waals surface area (Å²) in [7, 11) is 0. The van der Waals surface area contributed by atoms with Crippen LogP contribution < -0.4 is 5.32 Å². The molecule has 0 aliphatic carbocycles. The van der Waals surface area contributed by atoms with Crippen LogP contribution in [-0.2, 0) is 11.3 Å². The molecule has 0 atom stereocenters. The highest BCUT2D eigenvalue weighted by Crippen LogP contribution is 2.15. The van der Waals surface area contributed by atoms with Crippen molar-refractivity contribution in [2.75, 3.05) is 19.6 Å². The predicted molar refractivity (Wildman–Crippen MR) is 83.3 cm³/mol. The van der Waals surface area contributed by atoms with Crippen LogP contribution in [0.4, 0.5) is 9.18 Å². The Morgan fingerprint density at radius 3 is 2.64 bits per heavy atom. The van der Waals surface area contributed by atoms with Gasteiger partial charge in [0.1, 0.15) is 5.60 Å². The number of likely N-dealkylation sites (N-methyl/N-ethyl adjacent to an activating group) is 1. The van der Waals surface area contributed by atoms with Crippen LogP contribution in [0.1, 0.15) is 33.3 Å². The quantitative estimate of drug-likeness (QED) is 0.793. The maximum Gasteiger partial charge on any atom is 0.410 e. The van der Waals surface area contributed by atoms with Gasteiger partial charge in [0.2, 0.25) is 0 Å². The molecule has 22 heavy (non-hydrogen) atoms. The van der Waals surface area contributed by atoms with Gasteiger partial charge in [0, 0.05) is 26.2 Å². The molecule has 0 aliphatic rings. The van der Waals surface area contributed by atoms with Crippen LogP contribution in [0, 0.1) is 5.82 Å². The number of carbonyl (C=O) groups is 1. The number of nitrogens with zero attached hydrogens (tertiary/aromatic N) is 1. The summed E-state index contributed by atoms with van der Waals surface area (Å²) < 4.78 is 18.5. The van der Waals surface area contributed by atoms with Gasteiger partial charge >= 0.3 is 6.09 Å². The number of rotatable bonds is 6. The first-order chi connectivity index (χ1) is 10.2. The largest absolute Gasteiger partial charge is 0.505 e. The molecule has 0 unspecified atom stereocenters. The molecule has 0 spiro atoms. The van der Waals surface area contributed by atoms with E-state index in [0.29, 0.717) is 26.2 Å². The zero-order valence-electron chi connectivity index (χ0n) is 13.6. The van der Waals surface area contributed by atoms with Crippen molar-refractivity contribution in [3.8, 4) is 5.75 Å². The molecule has 0 aliphatic heterocycles. The van der Waals surface area contributed by atoms with E-state index in [-0.39, 0.29) is 11.8 Å². The molecule has 0 fully saturated rings. The lowest BCUT2D eigenvalue weighted by atomic mass is 10.2. The Morgan fingerprint density at radius 1 is 1.41 bits per heavy atom. The van der Waals surface area contributed by atoms with Gasteiger partial charge in [-0.05, 0) is 45.4 Å². The summed E-state index contributed by atoms with van der Waals surface area (Å²) in [6, 6.07) is 4.26. The number of aromatic hydroxyl groups is 1. The van der Waals surface area contributed by atoms with Crippen molar-refractivity contribution >= 4 is 6.09 Å². The highest BCUT2D eigenvalue weighted by molar-refractivity contribution is 5.68. The van der Waals surface area contributed by atoms with E-state index in [1.807, 2.05) is 27.7 Å². The number of halogens is 1. The standard InChI is InChI=1S/C16H25FN2O3/c1-5-19(15(21)22-16(2,3)4)9-8-18-11-12-6-7-14(20)13(17)10-12/h6-7,10,18,20H,5,8-9,11H2,1-4H3. The fraction of sp³-hybridized carbons (Fsp3) is 0.562. The maximum atomic E-state index is 13.2. The fourth-order valence-corrected chi connectivity index (χ4v) is 1.81. The van der Waals surface area contributed by atoms with Gasteiger partial charge in [0.05, 0.1) is 0 Å². The molecule has 1 aromatic carbocycles. The highest BCUT2D eigenvalue weighted by atomic mass is 19.1. The minimum Gasteiger partial charge on any atom is -0.505 e. The number of phenolic OH excluding ortho intramolecular Hbond substituents is 1. The molecule has 1 aromatic rings. The predicted octanol–water partition coefficient (Wildman–Crippen LogP) is 2.88. The molecular formula is C16H25FN2O3. The molecule has 1 rings (SSSR count). The van der Waals surface area contributed by atoms with Crippen LogP contribution in [0.3, 0.4) is 0 Å². The van der Waals surface area contributed by atoms with Crippen LogP contribution in [0.25, 0.3) is 0 Å². The Morgan fingerprint density at radius 2 is 2.09 bits per heavy atom. The van der Waals surface area contributed by atoms with Crippen molar-refractivity contribution in [3.63, 3.8) is 0 Å². The number of hydrogen-bond donors (Lipinski definition) is 2. The molecular weight excluding hydrogens is 287 g/mol. The molecule has 0 saturated heterocycles. The number of hydrogen-bond acceptors (Lipinski definition) is 4.